The summed E-state index contributed by atoms with van der Waals surface area (Å²) in [5.74, 6) is 0.428. The Morgan fingerprint density at radius 2 is 1.69 bits per heavy atom. The zero-order chi connectivity index (χ0) is 9.68. The third-order valence-corrected chi connectivity index (χ3v) is 2.42. The van der Waals surface area contributed by atoms with Crippen LogP contribution < -0.4 is 0 Å². The van der Waals surface area contributed by atoms with E-state index in [9.17, 15) is 9.59 Å². The van der Waals surface area contributed by atoms with E-state index in [2.05, 4.69) is 0 Å². The van der Waals surface area contributed by atoms with Crippen LogP contribution in [-0.2, 0) is 9.59 Å². The molecule has 1 fully saturated rings. The third-order valence-electron chi connectivity index (χ3n) is 2.15. The molecule has 0 saturated carbocycles. The van der Waals surface area contributed by atoms with E-state index in [1.54, 1.807) is 0 Å². The lowest BCUT2D eigenvalue weighted by Crippen LogP contribution is -2.36. The second-order valence-corrected chi connectivity index (χ2v) is 3.57. The number of nitrogens with zero attached hydrogens (tertiary/aromatic N) is 1. The molecule has 4 heteroatoms. The van der Waals surface area contributed by atoms with Gasteiger partial charge < -0.3 is 0 Å². The first-order chi connectivity index (χ1) is 6.25. The molecule has 3 nitrogen and oxygen atoms in total. The number of carbonyl (C=O) groups excluding carboxylic acids is 2. The summed E-state index contributed by atoms with van der Waals surface area (Å²) in [6.45, 7) is 0.487. The van der Waals surface area contributed by atoms with Crippen molar-refractivity contribution in [2.45, 2.75) is 32.1 Å². The van der Waals surface area contributed by atoms with Gasteiger partial charge in [0.05, 0.1) is 0 Å². The fourth-order valence-electron chi connectivity index (χ4n) is 1.43. The molecule has 1 aliphatic rings. The van der Waals surface area contributed by atoms with Crippen molar-refractivity contribution in [2.24, 2.45) is 0 Å². The summed E-state index contributed by atoms with van der Waals surface area (Å²) in [6.07, 6.45) is 3.38. The smallest absolute Gasteiger partial charge is 0.229 e. The molecular weight excluding hydrogens is 190 g/mol. The van der Waals surface area contributed by atoms with Gasteiger partial charge >= 0.3 is 0 Å². The molecule has 0 bridgehead atoms. The minimum Gasteiger partial charge on any atom is -0.283 e. The highest BCUT2D eigenvalue weighted by Crippen LogP contribution is 2.12. The van der Waals surface area contributed by atoms with Crippen LogP contribution in [0.15, 0.2) is 0 Å². The van der Waals surface area contributed by atoms with Gasteiger partial charge in [-0.2, -0.15) is 0 Å². The quantitative estimate of drug-likeness (QED) is 0.516. The molecule has 0 radical (unpaired) electrons. The monoisotopic (exact) mass is 203 g/mol. The number of hydrogen-bond donors (Lipinski definition) is 0. The maximum Gasteiger partial charge on any atom is 0.229 e. The van der Waals surface area contributed by atoms with E-state index in [0.29, 0.717) is 31.7 Å². The van der Waals surface area contributed by atoms with E-state index < -0.39 is 0 Å². The Hall–Kier alpha value is -0.570. The maximum absolute atomic E-state index is 11.4. The summed E-state index contributed by atoms with van der Waals surface area (Å²) in [5, 5.41) is 0. The summed E-state index contributed by atoms with van der Waals surface area (Å²) in [7, 11) is 0. The number of likely N-dealkylation sites (tertiary alicyclic amines) is 1. The molecule has 1 heterocycles. The lowest BCUT2D eigenvalue weighted by Gasteiger charge is -2.17. The van der Waals surface area contributed by atoms with Crippen molar-refractivity contribution < 1.29 is 9.59 Å². The van der Waals surface area contributed by atoms with Crippen LogP contribution in [0, 0.1) is 0 Å². The number of hydrogen-bond acceptors (Lipinski definition) is 2. The van der Waals surface area contributed by atoms with Gasteiger partial charge in [0, 0.05) is 25.3 Å². The molecule has 1 rings (SSSR count). The molecular formula is C9H14ClNO2. The van der Waals surface area contributed by atoms with Gasteiger partial charge in [-0.05, 0) is 19.3 Å². The Kier molecular flexibility index (Phi) is 4.22. The molecule has 0 aliphatic carbocycles. The van der Waals surface area contributed by atoms with Crippen molar-refractivity contribution in [3.63, 3.8) is 0 Å². The van der Waals surface area contributed by atoms with E-state index in [1.807, 2.05) is 0 Å². The fraction of sp³-hybridized carbons (Fsp3) is 0.778. The van der Waals surface area contributed by atoms with Crippen molar-refractivity contribution in [3.8, 4) is 0 Å². The Morgan fingerprint density at radius 3 is 2.15 bits per heavy atom. The predicted octanol–water partition coefficient (Wildman–Crippen LogP) is 1.54. The molecule has 1 saturated heterocycles. The van der Waals surface area contributed by atoms with Gasteiger partial charge in [-0.25, -0.2) is 0 Å². The summed E-state index contributed by atoms with van der Waals surface area (Å²) in [4.78, 5) is 24.1. The largest absolute Gasteiger partial charge is 0.283 e. The lowest BCUT2D eigenvalue weighted by molar-refractivity contribution is -0.143. The van der Waals surface area contributed by atoms with Crippen molar-refractivity contribution in [2.75, 3.05) is 12.4 Å². The van der Waals surface area contributed by atoms with E-state index in [4.69, 9.17) is 11.6 Å². The zero-order valence-electron chi connectivity index (χ0n) is 7.59. The Labute approximate surface area is 83.0 Å². The molecule has 0 atom stereocenters. The highest BCUT2D eigenvalue weighted by atomic mass is 35.5. The van der Waals surface area contributed by atoms with Crippen LogP contribution in [-0.4, -0.2) is 29.1 Å². The minimum absolute atomic E-state index is 0.0346. The Balaban J connectivity index is 2.53. The standard InChI is InChI=1S/C9H14ClNO2/c10-6-3-7-11-8(12)4-1-2-5-9(11)13/h1-7H2. The average Bonchev–Trinajstić information content (AvgIpc) is 2.26. The second kappa shape index (κ2) is 5.22. The normalized spacial score (nSPS) is 19.0. The summed E-state index contributed by atoms with van der Waals surface area (Å²) in [5.41, 5.74) is 0. The number of carbonyl (C=O) groups is 2. The number of rotatable bonds is 3. The van der Waals surface area contributed by atoms with Gasteiger partial charge in [0.25, 0.3) is 0 Å². The summed E-state index contributed by atoms with van der Waals surface area (Å²) < 4.78 is 0. The second-order valence-electron chi connectivity index (χ2n) is 3.19. The Bertz CT molecular complexity index is 188. The molecule has 74 valence electrons. The van der Waals surface area contributed by atoms with E-state index in [0.717, 1.165) is 12.8 Å². The minimum atomic E-state index is -0.0346. The van der Waals surface area contributed by atoms with Gasteiger partial charge in [0.1, 0.15) is 0 Å². The molecule has 0 aromatic heterocycles. The van der Waals surface area contributed by atoms with E-state index >= 15 is 0 Å². The number of halogens is 1. The first-order valence-electron chi connectivity index (χ1n) is 4.65. The first kappa shape index (κ1) is 10.5. The van der Waals surface area contributed by atoms with Gasteiger partial charge in [-0.3, -0.25) is 14.5 Å². The van der Waals surface area contributed by atoms with Crippen molar-refractivity contribution in [3.05, 3.63) is 0 Å². The third kappa shape index (κ3) is 2.99. The van der Waals surface area contributed by atoms with Gasteiger partial charge in [0.15, 0.2) is 0 Å². The summed E-state index contributed by atoms with van der Waals surface area (Å²) in [6, 6.07) is 0. The average molecular weight is 204 g/mol. The van der Waals surface area contributed by atoms with Crippen molar-refractivity contribution in [1.29, 1.82) is 0 Å². The molecule has 13 heavy (non-hydrogen) atoms. The molecule has 0 aromatic rings. The number of alkyl halides is 1. The first-order valence-corrected chi connectivity index (χ1v) is 5.18. The molecule has 0 N–H and O–H groups in total. The topological polar surface area (TPSA) is 37.4 Å². The molecule has 2 amide bonds. The van der Waals surface area contributed by atoms with Crippen molar-refractivity contribution in [1.82, 2.24) is 4.90 Å². The van der Waals surface area contributed by atoms with Crippen LogP contribution in [0.25, 0.3) is 0 Å². The Morgan fingerprint density at radius 1 is 1.15 bits per heavy atom. The molecule has 1 aliphatic heterocycles. The van der Waals surface area contributed by atoms with Crippen LogP contribution >= 0.6 is 11.6 Å². The van der Waals surface area contributed by atoms with E-state index in [1.165, 1.54) is 4.90 Å². The van der Waals surface area contributed by atoms with Crippen LogP contribution in [0.3, 0.4) is 0 Å². The zero-order valence-corrected chi connectivity index (χ0v) is 8.35. The fourth-order valence-corrected chi connectivity index (χ4v) is 1.55. The maximum atomic E-state index is 11.4. The molecule has 0 aromatic carbocycles. The van der Waals surface area contributed by atoms with Gasteiger partial charge in [-0.15, -0.1) is 11.6 Å². The number of amides is 2. The number of imide groups is 1. The molecule has 0 spiro atoms. The lowest BCUT2D eigenvalue weighted by atomic mass is 10.2. The van der Waals surface area contributed by atoms with E-state index in [-0.39, 0.29) is 11.8 Å². The predicted molar refractivity (Wildman–Crippen MR) is 50.5 cm³/mol. The highest BCUT2D eigenvalue weighted by Gasteiger charge is 2.22. The van der Waals surface area contributed by atoms with Gasteiger partial charge in [0.2, 0.25) is 11.8 Å². The highest BCUT2D eigenvalue weighted by molar-refractivity contribution is 6.17. The van der Waals surface area contributed by atoms with Crippen LogP contribution in [0.4, 0.5) is 0 Å². The van der Waals surface area contributed by atoms with Gasteiger partial charge in [-0.1, -0.05) is 0 Å². The molecule has 0 unspecified atom stereocenters. The SMILES string of the molecule is O=C1CCCCC(=O)N1CCCCl. The van der Waals surface area contributed by atoms with Crippen molar-refractivity contribution >= 4 is 23.4 Å². The van der Waals surface area contributed by atoms with Crippen LogP contribution in [0.5, 0.6) is 0 Å². The van der Waals surface area contributed by atoms with Crippen LogP contribution in [0.1, 0.15) is 32.1 Å². The van der Waals surface area contributed by atoms with Crippen LogP contribution in [0.2, 0.25) is 0 Å². The summed E-state index contributed by atoms with van der Waals surface area (Å²) >= 11 is 5.51.